The van der Waals surface area contributed by atoms with Crippen molar-refractivity contribution < 1.29 is 9.31 Å². The first-order chi connectivity index (χ1) is 12.9. The highest BCUT2D eigenvalue weighted by atomic mass is 16.7. The predicted molar refractivity (Wildman–Crippen MR) is 112 cm³/mol. The van der Waals surface area contributed by atoms with Crippen LogP contribution in [0.15, 0.2) is 60.8 Å². The van der Waals surface area contributed by atoms with Crippen molar-refractivity contribution in [1.82, 2.24) is 4.98 Å². The van der Waals surface area contributed by atoms with E-state index in [2.05, 4.69) is 81.2 Å². The SMILES string of the molecule is CC1(C)OB(c2cc3ncccc3c3c2ccc2ccccc23)OC1(C)C. The lowest BCUT2D eigenvalue weighted by Gasteiger charge is -2.32. The van der Waals surface area contributed by atoms with Crippen molar-refractivity contribution in [3.63, 3.8) is 0 Å². The molecule has 4 heteroatoms. The fraction of sp³-hybridized carbons (Fsp3) is 0.261. The Balaban J connectivity index is 1.87. The minimum absolute atomic E-state index is 0.375. The highest BCUT2D eigenvalue weighted by molar-refractivity contribution is 6.66. The van der Waals surface area contributed by atoms with Crippen molar-refractivity contribution in [1.29, 1.82) is 0 Å². The van der Waals surface area contributed by atoms with E-state index in [1.54, 1.807) is 0 Å². The first-order valence-corrected chi connectivity index (χ1v) is 9.42. The molecule has 0 aliphatic carbocycles. The standard InChI is InChI=1S/C23H22BNO2/c1-22(2)23(3,4)27-24(26-22)19-14-20-18(10-7-13-25-20)21-16-9-6-5-8-15(16)11-12-17(19)21/h5-14H,1-4H3. The number of benzene rings is 3. The number of rotatable bonds is 1. The third kappa shape index (κ3) is 2.40. The van der Waals surface area contributed by atoms with Gasteiger partial charge < -0.3 is 9.31 Å². The lowest BCUT2D eigenvalue weighted by atomic mass is 9.74. The Labute approximate surface area is 159 Å². The molecule has 2 heterocycles. The Hall–Kier alpha value is -2.43. The van der Waals surface area contributed by atoms with E-state index in [1.165, 1.54) is 16.2 Å². The van der Waals surface area contributed by atoms with E-state index >= 15 is 0 Å². The van der Waals surface area contributed by atoms with Gasteiger partial charge >= 0.3 is 7.12 Å². The first kappa shape index (κ1) is 16.7. The molecular weight excluding hydrogens is 333 g/mol. The smallest absolute Gasteiger partial charge is 0.399 e. The van der Waals surface area contributed by atoms with E-state index in [1.807, 2.05) is 12.3 Å². The summed E-state index contributed by atoms with van der Waals surface area (Å²) in [5.74, 6) is 0. The molecule has 3 aromatic carbocycles. The Bertz CT molecular complexity index is 1170. The second kappa shape index (κ2) is 5.54. The normalized spacial score (nSPS) is 18.6. The second-order valence-corrected chi connectivity index (χ2v) is 8.33. The molecule has 0 N–H and O–H groups in total. The largest absolute Gasteiger partial charge is 0.495 e. The number of nitrogens with zero attached hydrogens (tertiary/aromatic N) is 1. The summed E-state index contributed by atoms with van der Waals surface area (Å²) in [5, 5.41) is 5.98. The summed E-state index contributed by atoms with van der Waals surface area (Å²) >= 11 is 0. The van der Waals surface area contributed by atoms with Gasteiger partial charge in [-0.15, -0.1) is 0 Å². The maximum atomic E-state index is 6.37. The second-order valence-electron chi connectivity index (χ2n) is 8.33. The summed E-state index contributed by atoms with van der Waals surface area (Å²) in [5.41, 5.74) is 1.26. The van der Waals surface area contributed by atoms with Gasteiger partial charge in [0.05, 0.1) is 16.7 Å². The summed E-state index contributed by atoms with van der Waals surface area (Å²) in [7, 11) is -0.412. The summed E-state index contributed by atoms with van der Waals surface area (Å²) in [6.45, 7) is 8.35. The van der Waals surface area contributed by atoms with E-state index in [0.717, 1.165) is 21.8 Å². The molecule has 1 aliphatic heterocycles. The average Bonchev–Trinajstić information content (AvgIpc) is 2.87. The summed E-state index contributed by atoms with van der Waals surface area (Å²) < 4.78 is 12.7. The fourth-order valence-corrected chi connectivity index (χ4v) is 3.94. The molecule has 1 saturated heterocycles. The molecule has 0 spiro atoms. The van der Waals surface area contributed by atoms with Gasteiger partial charge in [0.1, 0.15) is 0 Å². The molecule has 0 saturated carbocycles. The Morgan fingerprint density at radius 2 is 1.48 bits per heavy atom. The zero-order valence-corrected chi connectivity index (χ0v) is 16.1. The molecule has 5 rings (SSSR count). The molecule has 1 aliphatic rings. The van der Waals surface area contributed by atoms with Crippen molar-refractivity contribution >= 4 is 45.0 Å². The molecule has 0 unspecified atom stereocenters. The number of pyridine rings is 1. The van der Waals surface area contributed by atoms with E-state index in [9.17, 15) is 0 Å². The van der Waals surface area contributed by atoms with Gasteiger partial charge in [-0.25, -0.2) is 0 Å². The minimum Gasteiger partial charge on any atom is -0.399 e. The molecule has 0 radical (unpaired) electrons. The van der Waals surface area contributed by atoms with Gasteiger partial charge in [0.2, 0.25) is 0 Å². The van der Waals surface area contributed by atoms with Gasteiger partial charge in [-0.05, 0) is 66.8 Å². The van der Waals surface area contributed by atoms with E-state index in [0.29, 0.717) is 0 Å². The van der Waals surface area contributed by atoms with Gasteiger partial charge in [0.25, 0.3) is 0 Å². The third-order valence-electron chi connectivity index (χ3n) is 6.15. The van der Waals surface area contributed by atoms with Crippen molar-refractivity contribution in [2.45, 2.75) is 38.9 Å². The third-order valence-corrected chi connectivity index (χ3v) is 6.15. The van der Waals surface area contributed by atoms with Crippen LogP contribution in [0.25, 0.3) is 32.4 Å². The number of aromatic nitrogens is 1. The van der Waals surface area contributed by atoms with Crippen LogP contribution < -0.4 is 5.46 Å². The van der Waals surface area contributed by atoms with Crippen LogP contribution in [0.5, 0.6) is 0 Å². The number of fused-ring (bicyclic) bond motifs is 5. The predicted octanol–water partition coefficient (Wildman–Crippen LogP) is 4.84. The van der Waals surface area contributed by atoms with Crippen LogP contribution in [-0.2, 0) is 9.31 Å². The maximum absolute atomic E-state index is 6.37. The summed E-state index contributed by atoms with van der Waals surface area (Å²) in [6, 6.07) is 19.1. The van der Waals surface area contributed by atoms with Crippen molar-refractivity contribution in [2.75, 3.05) is 0 Å². The van der Waals surface area contributed by atoms with Crippen LogP contribution >= 0.6 is 0 Å². The van der Waals surface area contributed by atoms with Gasteiger partial charge in [-0.2, -0.15) is 0 Å². The molecule has 4 aromatic rings. The summed E-state index contributed by atoms with van der Waals surface area (Å²) in [4.78, 5) is 4.63. The van der Waals surface area contributed by atoms with E-state index in [4.69, 9.17) is 9.31 Å². The van der Waals surface area contributed by atoms with Gasteiger partial charge in [-0.1, -0.05) is 42.5 Å². The molecule has 1 aromatic heterocycles. The Morgan fingerprint density at radius 3 is 2.26 bits per heavy atom. The van der Waals surface area contributed by atoms with Crippen LogP contribution in [0.2, 0.25) is 0 Å². The minimum atomic E-state index is -0.412. The maximum Gasteiger partial charge on any atom is 0.495 e. The molecule has 1 fully saturated rings. The Kier molecular flexibility index (Phi) is 3.43. The van der Waals surface area contributed by atoms with Crippen molar-refractivity contribution in [3.05, 3.63) is 60.8 Å². The van der Waals surface area contributed by atoms with Crippen LogP contribution in [-0.4, -0.2) is 23.3 Å². The molecule has 0 bridgehead atoms. The molecular formula is C23H22BNO2. The lowest BCUT2D eigenvalue weighted by molar-refractivity contribution is 0.00578. The molecule has 134 valence electrons. The average molecular weight is 355 g/mol. The summed E-state index contributed by atoms with van der Waals surface area (Å²) in [6.07, 6.45) is 1.84. The van der Waals surface area contributed by atoms with Crippen molar-refractivity contribution in [3.8, 4) is 0 Å². The monoisotopic (exact) mass is 355 g/mol. The zero-order chi connectivity index (χ0) is 18.8. The highest BCUT2D eigenvalue weighted by Crippen LogP contribution is 2.38. The molecule has 0 atom stereocenters. The number of hydrogen-bond donors (Lipinski definition) is 0. The Morgan fingerprint density at radius 1 is 0.778 bits per heavy atom. The van der Waals surface area contributed by atoms with Gasteiger partial charge in [-0.3, -0.25) is 4.98 Å². The van der Waals surface area contributed by atoms with Gasteiger partial charge in [0, 0.05) is 11.6 Å². The topological polar surface area (TPSA) is 31.4 Å². The molecule has 0 amide bonds. The van der Waals surface area contributed by atoms with Crippen LogP contribution in [0.3, 0.4) is 0 Å². The first-order valence-electron chi connectivity index (χ1n) is 9.42. The van der Waals surface area contributed by atoms with E-state index in [-0.39, 0.29) is 11.2 Å². The van der Waals surface area contributed by atoms with Crippen LogP contribution in [0.1, 0.15) is 27.7 Å². The van der Waals surface area contributed by atoms with Crippen LogP contribution in [0, 0.1) is 0 Å². The van der Waals surface area contributed by atoms with E-state index < -0.39 is 7.12 Å². The molecule has 3 nitrogen and oxygen atoms in total. The fourth-order valence-electron chi connectivity index (χ4n) is 3.94. The molecule has 27 heavy (non-hydrogen) atoms. The van der Waals surface area contributed by atoms with Gasteiger partial charge in [0.15, 0.2) is 0 Å². The zero-order valence-electron chi connectivity index (χ0n) is 16.1. The number of hydrogen-bond acceptors (Lipinski definition) is 3. The highest BCUT2D eigenvalue weighted by Gasteiger charge is 2.52. The lowest BCUT2D eigenvalue weighted by Crippen LogP contribution is -2.41. The quantitative estimate of drug-likeness (QED) is 0.362. The van der Waals surface area contributed by atoms with Crippen LogP contribution in [0.4, 0.5) is 0 Å². The van der Waals surface area contributed by atoms with Crippen molar-refractivity contribution in [2.24, 2.45) is 0 Å².